The van der Waals surface area contributed by atoms with Crippen LogP contribution in [-0.4, -0.2) is 20.9 Å². The van der Waals surface area contributed by atoms with Crippen LogP contribution in [0.2, 0.25) is 5.02 Å². The number of aromatic nitrogens is 2. The highest BCUT2D eigenvalue weighted by Crippen LogP contribution is 2.24. The number of fused-ring (bicyclic) bond motifs is 1. The Bertz CT molecular complexity index is 967. The van der Waals surface area contributed by atoms with Gasteiger partial charge in [0, 0.05) is 16.5 Å². The molecule has 4 nitrogen and oxygen atoms in total. The third kappa shape index (κ3) is 3.28. The number of carbonyl (C=O) groups is 1. The zero-order valence-corrected chi connectivity index (χ0v) is 13.0. The average Bonchev–Trinajstić information content (AvgIpc) is 2.85. The quantitative estimate of drug-likeness (QED) is 0.722. The first kappa shape index (κ1) is 16.1. The lowest BCUT2D eigenvalue weighted by molar-refractivity contribution is -0.131. The van der Waals surface area contributed by atoms with E-state index in [2.05, 4.69) is 5.10 Å². The second-order valence-electron chi connectivity index (χ2n) is 5.11. The number of halogens is 3. The van der Waals surface area contributed by atoms with Gasteiger partial charge in [0.25, 0.3) is 0 Å². The van der Waals surface area contributed by atoms with E-state index >= 15 is 0 Å². The molecule has 3 rings (SSSR count). The molecule has 122 valence electrons. The number of carboxylic acids is 1. The van der Waals surface area contributed by atoms with Gasteiger partial charge in [0.2, 0.25) is 0 Å². The number of nitrogens with zero attached hydrogens (tertiary/aromatic N) is 2. The Kier molecular flexibility index (Phi) is 4.31. The monoisotopic (exact) mass is 348 g/mol. The Morgan fingerprint density at radius 2 is 1.92 bits per heavy atom. The number of hydrogen-bond donors (Lipinski definition) is 1. The molecule has 1 N–H and O–H groups in total. The third-order valence-corrected chi connectivity index (χ3v) is 3.81. The van der Waals surface area contributed by atoms with Crippen molar-refractivity contribution >= 4 is 34.5 Å². The highest BCUT2D eigenvalue weighted by atomic mass is 35.5. The van der Waals surface area contributed by atoms with Gasteiger partial charge in [-0.15, -0.1) is 0 Å². The molecule has 1 heterocycles. The molecule has 0 unspecified atom stereocenters. The van der Waals surface area contributed by atoms with Gasteiger partial charge in [-0.05, 0) is 42.0 Å². The summed E-state index contributed by atoms with van der Waals surface area (Å²) in [5, 5.41) is 13.9. The summed E-state index contributed by atoms with van der Waals surface area (Å²) in [5.74, 6) is -2.01. The second-order valence-corrected chi connectivity index (χ2v) is 5.52. The predicted molar refractivity (Wildman–Crippen MR) is 86.9 cm³/mol. The van der Waals surface area contributed by atoms with Crippen molar-refractivity contribution in [2.24, 2.45) is 0 Å². The molecule has 7 heteroatoms. The van der Waals surface area contributed by atoms with Crippen LogP contribution in [0.1, 0.15) is 11.3 Å². The molecule has 0 aliphatic carbocycles. The molecule has 0 spiro atoms. The SMILES string of the molecule is O=C(O)C=Cc1nn(Cc2ccc(F)cc2Cl)c2cc(F)ccc12. The number of carboxylic acid groups (broad SMARTS) is 1. The van der Waals surface area contributed by atoms with E-state index in [0.717, 1.165) is 6.08 Å². The first-order valence-corrected chi connectivity index (χ1v) is 7.33. The van der Waals surface area contributed by atoms with Crippen molar-refractivity contribution < 1.29 is 18.7 Å². The van der Waals surface area contributed by atoms with Crippen LogP contribution in [0.4, 0.5) is 8.78 Å². The molecule has 3 aromatic rings. The summed E-state index contributed by atoms with van der Waals surface area (Å²) in [5.41, 5.74) is 1.49. The van der Waals surface area contributed by atoms with E-state index in [-0.39, 0.29) is 11.6 Å². The van der Waals surface area contributed by atoms with Crippen molar-refractivity contribution in [2.45, 2.75) is 6.54 Å². The average molecular weight is 349 g/mol. The zero-order valence-electron chi connectivity index (χ0n) is 12.2. The summed E-state index contributed by atoms with van der Waals surface area (Å²) in [6.07, 6.45) is 2.30. The minimum atomic E-state index is -1.11. The summed E-state index contributed by atoms with van der Waals surface area (Å²) in [6.45, 7) is 0.194. The molecule has 0 saturated carbocycles. The minimum Gasteiger partial charge on any atom is -0.478 e. The van der Waals surface area contributed by atoms with Crippen LogP contribution >= 0.6 is 11.6 Å². The van der Waals surface area contributed by atoms with Crippen LogP contribution in [0.5, 0.6) is 0 Å². The standard InChI is InChI=1S/C17H11ClF2N2O2/c18-14-7-11(19)2-1-10(14)9-22-16-8-12(20)3-4-13(16)15(21-22)5-6-17(23)24/h1-8H,9H2,(H,23,24). The second kappa shape index (κ2) is 6.41. The van der Waals surface area contributed by atoms with Crippen LogP contribution in [0.3, 0.4) is 0 Å². The Morgan fingerprint density at radius 1 is 1.21 bits per heavy atom. The fourth-order valence-electron chi connectivity index (χ4n) is 2.38. The molecule has 0 fully saturated rings. The molecule has 24 heavy (non-hydrogen) atoms. The zero-order chi connectivity index (χ0) is 17.3. The molecule has 1 aromatic heterocycles. The highest BCUT2D eigenvalue weighted by Gasteiger charge is 2.12. The van der Waals surface area contributed by atoms with Crippen molar-refractivity contribution in [2.75, 3.05) is 0 Å². The van der Waals surface area contributed by atoms with Gasteiger partial charge in [-0.1, -0.05) is 17.7 Å². The molecule has 0 aliphatic rings. The van der Waals surface area contributed by atoms with E-state index in [4.69, 9.17) is 16.7 Å². The first-order valence-electron chi connectivity index (χ1n) is 6.95. The maximum absolute atomic E-state index is 13.6. The van der Waals surface area contributed by atoms with Crippen LogP contribution < -0.4 is 0 Å². The summed E-state index contributed by atoms with van der Waals surface area (Å²) < 4.78 is 28.2. The minimum absolute atomic E-state index is 0.194. The van der Waals surface area contributed by atoms with E-state index in [1.807, 2.05) is 0 Å². The van der Waals surface area contributed by atoms with E-state index in [1.165, 1.54) is 47.2 Å². The largest absolute Gasteiger partial charge is 0.478 e. The normalized spacial score (nSPS) is 11.5. The van der Waals surface area contributed by atoms with Gasteiger partial charge < -0.3 is 5.11 Å². The van der Waals surface area contributed by atoms with Gasteiger partial charge in [0.1, 0.15) is 11.6 Å². The number of hydrogen-bond acceptors (Lipinski definition) is 2. The highest BCUT2D eigenvalue weighted by molar-refractivity contribution is 6.31. The van der Waals surface area contributed by atoms with E-state index in [9.17, 15) is 13.6 Å². The van der Waals surface area contributed by atoms with Gasteiger partial charge in [0.15, 0.2) is 0 Å². The molecular weight excluding hydrogens is 338 g/mol. The fourth-order valence-corrected chi connectivity index (χ4v) is 2.60. The number of rotatable bonds is 4. The van der Waals surface area contributed by atoms with Crippen LogP contribution in [0, 0.1) is 11.6 Å². The smallest absolute Gasteiger partial charge is 0.328 e. The summed E-state index contributed by atoms with van der Waals surface area (Å²) in [7, 11) is 0. The Hall–Kier alpha value is -2.73. The van der Waals surface area contributed by atoms with Crippen molar-refractivity contribution in [1.82, 2.24) is 9.78 Å². The summed E-state index contributed by atoms with van der Waals surface area (Å²) in [6, 6.07) is 8.10. The molecular formula is C17H11ClF2N2O2. The fraction of sp³-hybridized carbons (Fsp3) is 0.0588. The molecule has 0 amide bonds. The van der Waals surface area contributed by atoms with Crippen LogP contribution in [0.25, 0.3) is 17.0 Å². The molecule has 2 aromatic carbocycles. The Balaban J connectivity index is 2.09. The summed E-state index contributed by atoms with van der Waals surface area (Å²) >= 11 is 6.02. The lowest BCUT2D eigenvalue weighted by Gasteiger charge is -2.06. The molecule has 0 saturated heterocycles. The summed E-state index contributed by atoms with van der Waals surface area (Å²) in [4.78, 5) is 10.7. The first-order chi connectivity index (χ1) is 11.4. The number of aliphatic carboxylic acids is 1. The lowest BCUT2D eigenvalue weighted by Crippen LogP contribution is -2.03. The van der Waals surface area contributed by atoms with Gasteiger partial charge in [-0.2, -0.15) is 5.10 Å². The van der Waals surface area contributed by atoms with Crippen molar-refractivity contribution in [3.63, 3.8) is 0 Å². The predicted octanol–water partition coefficient (Wildman–Crippen LogP) is 4.11. The van der Waals surface area contributed by atoms with Crippen LogP contribution in [-0.2, 0) is 11.3 Å². The molecule has 0 bridgehead atoms. The van der Waals surface area contributed by atoms with Crippen molar-refractivity contribution in [3.8, 4) is 0 Å². The van der Waals surface area contributed by atoms with E-state index in [1.54, 1.807) is 0 Å². The van der Waals surface area contributed by atoms with E-state index < -0.39 is 17.6 Å². The van der Waals surface area contributed by atoms with Gasteiger partial charge in [0.05, 0.1) is 17.8 Å². The van der Waals surface area contributed by atoms with Crippen molar-refractivity contribution in [1.29, 1.82) is 0 Å². The number of benzene rings is 2. The van der Waals surface area contributed by atoms with Gasteiger partial charge >= 0.3 is 5.97 Å². The lowest BCUT2D eigenvalue weighted by atomic mass is 10.2. The van der Waals surface area contributed by atoms with Crippen LogP contribution in [0.15, 0.2) is 42.5 Å². The Morgan fingerprint density at radius 3 is 2.62 bits per heavy atom. The van der Waals surface area contributed by atoms with Gasteiger partial charge in [-0.3, -0.25) is 4.68 Å². The topological polar surface area (TPSA) is 55.1 Å². The van der Waals surface area contributed by atoms with Crippen molar-refractivity contribution in [3.05, 3.63) is 70.4 Å². The Labute approximate surface area is 140 Å². The molecule has 0 radical (unpaired) electrons. The maximum Gasteiger partial charge on any atom is 0.328 e. The maximum atomic E-state index is 13.6. The molecule has 0 atom stereocenters. The van der Waals surface area contributed by atoms with E-state index in [0.29, 0.717) is 22.2 Å². The molecule has 0 aliphatic heterocycles. The van der Waals surface area contributed by atoms with Gasteiger partial charge in [-0.25, -0.2) is 13.6 Å². The third-order valence-electron chi connectivity index (χ3n) is 3.46.